The van der Waals surface area contributed by atoms with E-state index in [1.807, 2.05) is 11.8 Å². The van der Waals surface area contributed by atoms with Gasteiger partial charge >= 0.3 is 0 Å². The summed E-state index contributed by atoms with van der Waals surface area (Å²) >= 11 is 2.04. The molecule has 2 saturated heterocycles. The van der Waals surface area contributed by atoms with Crippen molar-refractivity contribution < 1.29 is 0 Å². The zero-order chi connectivity index (χ0) is 13.7. The van der Waals surface area contributed by atoms with E-state index in [4.69, 9.17) is 0 Å². The first-order valence-electron chi connectivity index (χ1n) is 7.90. The molecule has 0 saturated carbocycles. The van der Waals surface area contributed by atoms with Gasteiger partial charge in [0.05, 0.1) is 0 Å². The van der Waals surface area contributed by atoms with Crippen molar-refractivity contribution in [1.82, 2.24) is 14.7 Å². The molecular formula is C15H31N3S. The molecule has 0 aromatic rings. The Morgan fingerprint density at radius 2 is 1.68 bits per heavy atom. The summed E-state index contributed by atoms with van der Waals surface area (Å²) in [7, 11) is 0. The van der Waals surface area contributed by atoms with Crippen LogP contribution >= 0.6 is 11.8 Å². The topological polar surface area (TPSA) is 9.72 Å². The van der Waals surface area contributed by atoms with E-state index in [2.05, 4.69) is 34.8 Å². The molecule has 4 heteroatoms. The lowest BCUT2D eigenvalue weighted by Crippen LogP contribution is -2.49. The van der Waals surface area contributed by atoms with Crippen LogP contribution in [0, 0.1) is 0 Å². The van der Waals surface area contributed by atoms with Crippen molar-refractivity contribution in [1.29, 1.82) is 0 Å². The van der Waals surface area contributed by atoms with Crippen LogP contribution in [0.25, 0.3) is 0 Å². The largest absolute Gasteiger partial charge is 0.302 e. The minimum atomic E-state index is 0.718. The van der Waals surface area contributed by atoms with Gasteiger partial charge in [-0.25, -0.2) is 0 Å². The summed E-state index contributed by atoms with van der Waals surface area (Å²) in [5, 5.41) is 0.898. The van der Waals surface area contributed by atoms with E-state index in [0.29, 0.717) is 0 Å². The Hall–Kier alpha value is 0.230. The van der Waals surface area contributed by atoms with E-state index in [1.54, 1.807) is 0 Å². The van der Waals surface area contributed by atoms with Gasteiger partial charge in [0.25, 0.3) is 0 Å². The van der Waals surface area contributed by atoms with E-state index in [0.717, 1.165) is 11.3 Å². The molecule has 2 heterocycles. The van der Waals surface area contributed by atoms with Crippen molar-refractivity contribution in [3.8, 4) is 0 Å². The van der Waals surface area contributed by atoms with Gasteiger partial charge in [0.2, 0.25) is 0 Å². The fourth-order valence-electron chi connectivity index (χ4n) is 3.21. The van der Waals surface area contributed by atoms with Crippen LogP contribution in [0.4, 0.5) is 0 Å². The highest BCUT2D eigenvalue weighted by Crippen LogP contribution is 2.20. The summed E-state index contributed by atoms with van der Waals surface area (Å²) in [5.41, 5.74) is 0. The second kappa shape index (κ2) is 7.87. The first-order chi connectivity index (χ1) is 9.19. The van der Waals surface area contributed by atoms with Gasteiger partial charge < -0.3 is 9.80 Å². The van der Waals surface area contributed by atoms with Gasteiger partial charge in [-0.15, -0.1) is 0 Å². The molecule has 2 rings (SSSR count). The fourth-order valence-corrected chi connectivity index (χ4v) is 3.91. The second-order valence-corrected chi connectivity index (χ2v) is 7.41. The monoisotopic (exact) mass is 285 g/mol. The zero-order valence-corrected chi connectivity index (χ0v) is 13.8. The van der Waals surface area contributed by atoms with Crippen molar-refractivity contribution in [3.63, 3.8) is 0 Å². The summed E-state index contributed by atoms with van der Waals surface area (Å²) in [5.74, 6) is 0. The first-order valence-corrected chi connectivity index (χ1v) is 9.19. The van der Waals surface area contributed by atoms with Gasteiger partial charge in [-0.05, 0) is 52.6 Å². The van der Waals surface area contributed by atoms with Crippen molar-refractivity contribution in [2.75, 3.05) is 58.6 Å². The van der Waals surface area contributed by atoms with E-state index in [9.17, 15) is 0 Å². The highest BCUT2D eigenvalue weighted by molar-refractivity contribution is 7.99. The van der Waals surface area contributed by atoms with Crippen molar-refractivity contribution in [2.24, 2.45) is 0 Å². The number of hydrogen-bond acceptors (Lipinski definition) is 4. The van der Waals surface area contributed by atoms with Crippen LogP contribution < -0.4 is 0 Å². The maximum absolute atomic E-state index is 2.66. The lowest BCUT2D eigenvalue weighted by atomic mass is 10.2. The van der Waals surface area contributed by atoms with E-state index >= 15 is 0 Å². The summed E-state index contributed by atoms with van der Waals surface area (Å²) in [6.07, 6.45) is 5.00. The van der Waals surface area contributed by atoms with Crippen molar-refractivity contribution >= 4 is 11.8 Å². The van der Waals surface area contributed by atoms with Crippen LogP contribution in [0.3, 0.4) is 0 Å². The number of nitrogens with zero attached hydrogens (tertiary/aromatic N) is 3. The average Bonchev–Trinajstić information content (AvgIpc) is 2.87. The summed E-state index contributed by atoms with van der Waals surface area (Å²) < 4.78 is 0. The molecule has 2 aliphatic rings. The third-order valence-corrected chi connectivity index (χ3v) is 5.70. The van der Waals surface area contributed by atoms with E-state index < -0.39 is 0 Å². The standard InChI is InChI=1S/C15H31N3S/c1-14(2)18-11-9-16(10-12-18)6-4-7-17-8-5-15(13-17)19-3/h14-15H,4-13H2,1-3H3/t15-/m1/s1. The predicted octanol–water partition coefficient (Wildman–Crippen LogP) is 1.84. The third-order valence-electron chi connectivity index (χ3n) is 4.65. The normalized spacial score (nSPS) is 27.5. The molecule has 2 fully saturated rings. The van der Waals surface area contributed by atoms with Crippen LogP contribution in [0.1, 0.15) is 26.7 Å². The number of thioether (sulfide) groups is 1. The number of piperazine rings is 1. The van der Waals surface area contributed by atoms with Crippen LogP contribution in [0.15, 0.2) is 0 Å². The zero-order valence-electron chi connectivity index (χ0n) is 13.0. The second-order valence-electron chi connectivity index (χ2n) is 6.27. The smallest absolute Gasteiger partial charge is 0.0184 e. The van der Waals surface area contributed by atoms with Gasteiger partial charge in [-0.1, -0.05) is 0 Å². The molecule has 0 aromatic heterocycles. The van der Waals surface area contributed by atoms with Crippen LogP contribution in [0.2, 0.25) is 0 Å². The molecule has 0 unspecified atom stereocenters. The Labute approximate surface area is 123 Å². The Balaban J connectivity index is 1.55. The van der Waals surface area contributed by atoms with Gasteiger partial charge in [0, 0.05) is 44.0 Å². The quantitative estimate of drug-likeness (QED) is 0.736. The number of likely N-dealkylation sites (tertiary alicyclic amines) is 1. The predicted molar refractivity (Wildman–Crippen MR) is 86.1 cm³/mol. The Morgan fingerprint density at radius 3 is 2.26 bits per heavy atom. The molecule has 0 amide bonds. The van der Waals surface area contributed by atoms with Crippen LogP contribution in [-0.2, 0) is 0 Å². The Kier molecular flexibility index (Phi) is 6.46. The Morgan fingerprint density at radius 1 is 1.00 bits per heavy atom. The molecule has 2 aliphatic heterocycles. The lowest BCUT2D eigenvalue weighted by Gasteiger charge is -2.37. The average molecular weight is 286 g/mol. The van der Waals surface area contributed by atoms with Crippen molar-refractivity contribution in [3.05, 3.63) is 0 Å². The summed E-state index contributed by atoms with van der Waals surface area (Å²) in [6, 6.07) is 0.718. The highest BCUT2D eigenvalue weighted by Gasteiger charge is 2.22. The van der Waals surface area contributed by atoms with E-state index in [1.165, 1.54) is 65.2 Å². The minimum absolute atomic E-state index is 0.718. The van der Waals surface area contributed by atoms with Gasteiger partial charge in [-0.2, -0.15) is 11.8 Å². The minimum Gasteiger partial charge on any atom is -0.302 e. The molecule has 19 heavy (non-hydrogen) atoms. The third kappa shape index (κ3) is 4.92. The maximum Gasteiger partial charge on any atom is 0.0184 e. The van der Waals surface area contributed by atoms with Crippen molar-refractivity contribution in [2.45, 2.75) is 38.0 Å². The summed E-state index contributed by atoms with van der Waals surface area (Å²) in [6.45, 7) is 14.9. The molecule has 0 aliphatic carbocycles. The summed E-state index contributed by atoms with van der Waals surface area (Å²) in [4.78, 5) is 7.91. The molecule has 112 valence electrons. The lowest BCUT2D eigenvalue weighted by molar-refractivity contribution is 0.105. The van der Waals surface area contributed by atoms with E-state index in [-0.39, 0.29) is 0 Å². The first kappa shape index (κ1) is 15.6. The molecule has 1 atom stereocenters. The number of hydrogen-bond donors (Lipinski definition) is 0. The molecule has 0 radical (unpaired) electrons. The highest BCUT2D eigenvalue weighted by atomic mass is 32.2. The molecule has 3 nitrogen and oxygen atoms in total. The maximum atomic E-state index is 2.66. The fraction of sp³-hybridized carbons (Fsp3) is 1.00. The SMILES string of the molecule is CS[C@@H]1CCN(CCCN2CCN(C(C)C)CC2)C1. The van der Waals surface area contributed by atoms with Gasteiger partial charge in [-0.3, -0.25) is 4.90 Å². The molecular weight excluding hydrogens is 254 g/mol. The molecule has 0 aromatic carbocycles. The Bertz CT molecular complexity index is 252. The van der Waals surface area contributed by atoms with Crippen LogP contribution in [0.5, 0.6) is 0 Å². The molecule has 0 N–H and O–H groups in total. The number of rotatable bonds is 6. The van der Waals surface area contributed by atoms with Gasteiger partial charge in [0.15, 0.2) is 0 Å². The molecule has 0 spiro atoms. The van der Waals surface area contributed by atoms with Gasteiger partial charge in [0.1, 0.15) is 0 Å². The van der Waals surface area contributed by atoms with Crippen LogP contribution in [-0.4, -0.2) is 84.6 Å². The molecule has 0 bridgehead atoms.